The first kappa shape index (κ1) is 14.5. The van der Waals surface area contributed by atoms with Gasteiger partial charge in [-0.05, 0) is 60.4 Å². The molecule has 0 fully saturated rings. The molecule has 0 amide bonds. The minimum absolute atomic E-state index is 0.175. The summed E-state index contributed by atoms with van der Waals surface area (Å²) in [5, 5.41) is 0.696. The SMILES string of the molecule is Cc1cc(Cl)ccc1C(N)Cc1cc(F)cc(Br)c1. The quantitative estimate of drug-likeness (QED) is 0.852. The van der Waals surface area contributed by atoms with Crippen LogP contribution in [0.4, 0.5) is 4.39 Å². The van der Waals surface area contributed by atoms with Crippen LogP contribution < -0.4 is 5.73 Å². The lowest BCUT2D eigenvalue weighted by Gasteiger charge is -2.15. The average Bonchev–Trinajstić information content (AvgIpc) is 2.26. The number of halogens is 3. The first-order chi connectivity index (χ1) is 8.95. The van der Waals surface area contributed by atoms with Crippen molar-refractivity contribution in [2.45, 2.75) is 19.4 Å². The van der Waals surface area contributed by atoms with Crippen LogP contribution in [0, 0.1) is 12.7 Å². The van der Waals surface area contributed by atoms with Crippen LogP contribution in [0.5, 0.6) is 0 Å². The van der Waals surface area contributed by atoms with E-state index >= 15 is 0 Å². The molecule has 0 heterocycles. The summed E-state index contributed by atoms with van der Waals surface area (Å²) in [4.78, 5) is 0. The van der Waals surface area contributed by atoms with E-state index in [0.717, 1.165) is 21.2 Å². The standard InChI is InChI=1S/C15H14BrClFN/c1-9-4-12(17)2-3-14(9)15(19)7-10-5-11(16)8-13(18)6-10/h2-6,8,15H,7,19H2,1H3. The van der Waals surface area contributed by atoms with Crippen molar-refractivity contribution in [3.8, 4) is 0 Å². The molecule has 0 saturated heterocycles. The molecule has 2 aromatic carbocycles. The smallest absolute Gasteiger partial charge is 0.124 e. The van der Waals surface area contributed by atoms with Gasteiger partial charge >= 0.3 is 0 Å². The van der Waals surface area contributed by atoms with Gasteiger partial charge in [0, 0.05) is 15.5 Å². The summed E-state index contributed by atoms with van der Waals surface area (Å²) >= 11 is 9.21. The van der Waals surface area contributed by atoms with E-state index in [1.165, 1.54) is 12.1 Å². The van der Waals surface area contributed by atoms with Gasteiger partial charge in [0.05, 0.1) is 0 Å². The van der Waals surface area contributed by atoms with Crippen molar-refractivity contribution in [1.82, 2.24) is 0 Å². The van der Waals surface area contributed by atoms with E-state index in [-0.39, 0.29) is 11.9 Å². The number of hydrogen-bond donors (Lipinski definition) is 1. The van der Waals surface area contributed by atoms with Crippen LogP contribution >= 0.6 is 27.5 Å². The van der Waals surface area contributed by atoms with Crippen LogP contribution in [0.3, 0.4) is 0 Å². The minimum atomic E-state index is -0.260. The molecule has 0 bridgehead atoms. The molecule has 1 nitrogen and oxygen atoms in total. The fraction of sp³-hybridized carbons (Fsp3) is 0.200. The lowest BCUT2D eigenvalue weighted by Crippen LogP contribution is -2.14. The Bertz CT molecular complexity index is 580. The highest BCUT2D eigenvalue weighted by atomic mass is 79.9. The maximum absolute atomic E-state index is 13.3. The summed E-state index contributed by atoms with van der Waals surface area (Å²) in [7, 11) is 0. The van der Waals surface area contributed by atoms with E-state index in [1.807, 2.05) is 31.2 Å². The van der Waals surface area contributed by atoms with Gasteiger partial charge in [-0.15, -0.1) is 0 Å². The fourth-order valence-corrected chi connectivity index (χ4v) is 2.89. The maximum atomic E-state index is 13.3. The van der Waals surface area contributed by atoms with Crippen LogP contribution in [0.15, 0.2) is 40.9 Å². The minimum Gasteiger partial charge on any atom is -0.324 e. The van der Waals surface area contributed by atoms with Crippen molar-refractivity contribution in [3.05, 3.63) is 68.4 Å². The maximum Gasteiger partial charge on any atom is 0.124 e. The lowest BCUT2D eigenvalue weighted by molar-refractivity contribution is 0.621. The fourth-order valence-electron chi connectivity index (χ4n) is 2.15. The summed E-state index contributed by atoms with van der Waals surface area (Å²) in [6, 6.07) is 10.3. The van der Waals surface area contributed by atoms with Crippen molar-refractivity contribution in [1.29, 1.82) is 0 Å². The largest absolute Gasteiger partial charge is 0.324 e. The normalized spacial score (nSPS) is 12.5. The molecule has 4 heteroatoms. The predicted molar refractivity (Wildman–Crippen MR) is 80.9 cm³/mol. The lowest BCUT2D eigenvalue weighted by atomic mass is 9.96. The average molecular weight is 343 g/mol. The van der Waals surface area contributed by atoms with Gasteiger partial charge in [0.25, 0.3) is 0 Å². The highest BCUT2D eigenvalue weighted by Gasteiger charge is 2.11. The second-order valence-corrected chi connectivity index (χ2v) is 5.94. The van der Waals surface area contributed by atoms with Gasteiger partial charge in [-0.3, -0.25) is 0 Å². The zero-order valence-electron chi connectivity index (χ0n) is 10.5. The molecule has 0 saturated carbocycles. The Morgan fingerprint density at radius 3 is 2.63 bits per heavy atom. The third-order valence-electron chi connectivity index (χ3n) is 3.01. The van der Waals surface area contributed by atoms with E-state index in [1.54, 1.807) is 0 Å². The molecule has 0 aliphatic heterocycles. The number of aryl methyl sites for hydroxylation is 1. The van der Waals surface area contributed by atoms with Gasteiger partial charge in [-0.25, -0.2) is 4.39 Å². The highest BCUT2D eigenvalue weighted by molar-refractivity contribution is 9.10. The second-order valence-electron chi connectivity index (χ2n) is 4.59. The molecule has 2 aromatic rings. The summed E-state index contributed by atoms with van der Waals surface area (Å²) < 4.78 is 14.0. The van der Waals surface area contributed by atoms with Crippen molar-refractivity contribution in [2.75, 3.05) is 0 Å². The molecular formula is C15H14BrClFN. The van der Waals surface area contributed by atoms with Crippen LogP contribution in [-0.4, -0.2) is 0 Å². The van der Waals surface area contributed by atoms with Gasteiger partial charge < -0.3 is 5.73 Å². The molecule has 19 heavy (non-hydrogen) atoms. The molecule has 1 unspecified atom stereocenters. The zero-order chi connectivity index (χ0) is 14.0. The van der Waals surface area contributed by atoms with Gasteiger partial charge in [0.15, 0.2) is 0 Å². The molecule has 0 aromatic heterocycles. The van der Waals surface area contributed by atoms with E-state index in [9.17, 15) is 4.39 Å². The van der Waals surface area contributed by atoms with Crippen molar-refractivity contribution in [3.63, 3.8) is 0 Å². The number of hydrogen-bond acceptors (Lipinski definition) is 1. The molecule has 2 N–H and O–H groups in total. The summed E-state index contributed by atoms with van der Waals surface area (Å²) in [5.41, 5.74) is 9.15. The Balaban J connectivity index is 2.22. The topological polar surface area (TPSA) is 26.0 Å². The van der Waals surface area contributed by atoms with E-state index in [4.69, 9.17) is 17.3 Å². The van der Waals surface area contributed by atoms with Crippen LogP contribution in [0.2, 0.25) is 5.02 Å². The van der Waals surface area contributed by atoms with Crippen molar-refractivity contribution >= 4 is 27.5 Å². The van der Waals surface area contributed by atoms with Gasteiger partial charge in [0.2, 0.25) is 0 Å². The van der Waals surface area contributed by atoms with Gasteiger partial charge in [-0.1, -0.05) is 33.6 Å². The summed E-state index contributed by atoms with van der Waals surface area (Å²) in [6.45, 7) is 1.97. The molecule has 0 aliphatic carbocycles. The third-order valence-corrected chi connectivity index (χ3v) is 3.70. The van der Waals surface area contributed by atoms with Crippen LogP contribution in [-0.2, 0) is 6.42 Å². The molecule has 2 rings (SSSR count). The molecular weight excluding hydrogens is 329 g/mol. The number of benzene rings is 2. The third kappa shape index (κ3) is 3.78. The Labute approximate surface area is 125 Å². The van der Waals surface area contributed by atoms with Crippen LogP contribution in [0.1, 0.15) is 22.7 Å². The highest BCUT2D eigenvalue weighted by Crippen LogP contribution is 2.24. The zero-order valence-corrected chi connectivity index (χ0v) is 12.8. The number of rotatable bonds is 3. The second kappa shape index (κ2) is 6.04. The number of nitrogens with two attached hydrogens (primary N) is 1. The molecule has 0 radical (unpaired) electrons. The predicted octanol–water partition coefficient (Wildman–Crippen LogP) is 4.79. The van der Waals surface area contributed by atoms with Gasteiger partial charge in [-0.2, -0.15) is 0 Å². The molecule has 100 valence electrons. The van der Waals surface area contributed by atoms with E-state index < -0.39 is 0 Å². The Kier molecular flexibility index (Phi) is 4.61. The summed E-state index contributed by atoms with van der Waals surface area (Å²) in [6.07, 6.45) is 0.582. The Morgan fingerprint density at radius 1 is 1.26 bits per heavy atom. The van der Waals surface area contributed by atoms with E-state index in [0.29, 0.717) is 11.4 Å². The monoisotopic (exact) mass is 341 g/mol. The van der Waals surface area contributed by atoms with E-state index in [2.05, 4.69) is 15.9 Å². The van der Waals surface area contributed by atoms with Crippen molar-refractivity contribution in [2.24, 2.45) is 5.73 Å². The van der Waals surface area contributed by atoms with Crippen LogP contribution in [0.25, 0.3) is 0 Å². The first-order valence-electron chi connectivity index (χ1n) is 5.92. The Morgan fingerprint density at radius 2 is 2.00 bits per heavy atom. The molecule has 0 aliphatic rings. The molecule has 0 spiro atoms. The molecule has 1 atom stereocenters. The Hall–Kier alpha value is -0.900. The summed E-state index contributed by atoms with van der Waals surface area (Å²) in [5.74, 6) is -0.260. The van der Waals surface area contributed by atoms with Crippen molar-refractivity contribution < 1.29 is 4.39 Å². The van der Waals surface area contributed by atoms with Gasteiger partial charge in [0.1, 0.15) is 5.82 Å². The first-order valence-corrected chi connectivity index (χ1v) is 7.09.